The molecule has 1 saturated carbocycles. The molecule has 34 heavy (non-hydrogen) atoms. The van der Waals surface area contributed by atoms with Crippen LogP contribution in [0.4, 0.5) is 11.4 Å². The number of nitrogens with one attached hydrogen (secondary N) is 2. The molecule has 178 valence electrons. The molecule has 1 aromatic carbocycles. The van der Waals surface area contributed by atoms with E-state index in [4.69, 9.17) is 12.2 Å². The number of pyridine rings is 1. The summed E-state index contributed by atoms with van der Waals surface area (Å²) >= 11 is 5.86. The van der Waals surface area contributed by atoms with Crippen LogP contribution in [0, 0.1) is 20.8 Å². The summed E-state index contributed by atoms with van der Waals surface area (Å²) in [6.45, 7) is 6.26. The Kier molecular flexibility index (Phi) is 5.64. The second kappa shape index (κ2) is 8.39. The summed E-state index contributed by atoms with van der Waals surface area (Å²) < 4.78 is 28.5. The monoisotopic (exact) mass is 495 g/mol. The van der Waals surface area contributed by atoms with Crippen molar-refractivity contribution in [2.45, 2.75) is 51.7 Å². The van der Waals surface area contributed by atoms with Crippen LogP contribution in [0.5, 0.6) is 0 Å². The van der Waals surface area contributed by atoms with Crippen LogP contribution in [-0.2, 0) is 10.0 Å². The van der Waals surface area contributed by atoms with Crippen LogP contribution in [0.25, 0.3) is 0 Å². The molecule has 0 spiro atoms. The zero-order valence-corrected chi connectivity index (χ0v) is 21.4. The summed E-state index contributed by atoms with van der Waals surface area (Å²) in [5, 5.41) is 4.14. The fraction of sp³-hybridized carbons (Fsp3) is 0.360. The smallest absolute Gasteiger partial charge is 0.229 e. The Hall–Kier alpha value is -2.91. The van der Waals surface area contributed by atoms with Gasteiger partial charge in [0.1, 0.15) is 0 Å². The third kappa shape index (κ3) is 4.18. The van der Waals surface area contributed by atoms with Crippen LogP contribution in [0.3, 0.4) is 0 Å². The molecule has 2 fully saturated rings. The molecule has 3 aromatic rings. The average Bonchev–Trinajstić information content (AvgIpc) is 3.48. The van der Waals surface area contributed by atoms with Gasteiger partial charge in [0.05, 0.1) is 29.7 Å². The molecule has 3 heterocycles. The van der Waals surface area contributed by atoms with Gasteiger partial charge in [-0.25, -0.2) is 8.42 Å². The number of hydrogen-bond donors (Lipinski definition) is 2. The van der Waals surface area contributed by atoms with E-state index in [0.717, 1.165) is 23.2 Å². The summed E-state index contributed by atoms with van der Waals surface area (Å²) in [6, 6.07) is 14.3. The van der Waals surface area contributed by atoms with Crippen LogP contribution in [0.15, 0.2) is 48.7 Å². The number of hydrogen-bond acceptors (Lipinski definition) is 4. The highest BCUT2D eigenvalue weighted by Gasteiger charge is 2.43. The molecule has 1 saturated heterocycles. The lowest BCUT2D eigenvalue weighted by Crippen LogP contribution is -2.29. The fourth-order valence-electron chi connectivity index (χ4n) is 5.06. The predicted molar refractivity (Wildman–Crippen MR) is 140 cm³/mol. The van der Waals surface area contributed by atoms with Crippen molar-refractivity contribution >= 4 is 38.7 Å². The van der Waals surface area contributed by atoms with Gasteiger partial charge in [-0.2, -0.15) is 0 Å². The molecule has 1 aliphatic carbocycles. The molecule has 1 aliphatic heterocycles. The first-order chi connectivity index (χ1) is 16.1. The van der Waals surface area contributed by atoms with Crippen molar-refractivity contribution in [2.24, 2.45) is 0 Å². The molecule has 2 N–H and O–H groups in total. The molecular weight excluding hydrogens is 466 g/mol. The molecule has 2 atom stereocenters. The zero-order chi connectivity index (χ0) is 24.2. The molecule has 0 radical (unpaired) electrons. The molecule has 2 aliphatic rings. The molecule has 9 heteroatoms. The van der Waals surface area contributed by atoms with Crippen molar-refractivity contribution in [2.75, 3.05) is 15.9 Å². The molecule has 0 amide bonds. The molecular formula is C25H29N5O2S2. The third-order valence-corrected chi connectivity index (χ3v) is 7.54. The van der Waals surface area contributed by atoms with Crippen molar-refractivity contribution in [1.29, 1.82) is 0 Å². The number of benzene rings is 1. The van der Waals surface area contributed by atoms with Crippen molar-refractivity contribution in [3.8, 4) is 0 Å². The van der Waals surface area contributed by atoms with Gasteiger partial charge in [-0.15, -0.1) is 0 Å². The van der Waals surface area contributed by atoms with Gasteiger partial charge in [0.15, 0.2) is 5.11 Å². The third-order valence-electron chi connectivity index (χ3n) is 6.64. The highest BCUT2D eigenvalue weighted by Crippen LogP contribution is 2.46. The Morgan fingerprint density at radius 2 is 1.88 bits per heavy atom. The Labute approximate surface area is 206 Å². The number of nitrogens with zero attached hydrogens (tertiary/aromatic N) is 3. The predicted octanol–water partition coefficient (Wildman–Crippen LogP) is 4.69. The Morgan fingerprint density at radius 1 is 1.12 bits per heavy atom. The summed E-state index contributed by atoms with van der Waals surface area (Å²) in [6.07, 6.45) is 5.41. The van der Waals surface area contributed by atoms with Gasteiger partial charge < -0.3 is 14.8 Å². The standard InChI is InChI=1S/C25H29N5O2S2/c1-15-13-19(10-11-21(15)28-34(4,31)32)30-24(20-14-16(2)29(17(20)3)18-8-9-18)23(27-25(30)33)22-7-5-6-12-26-22/h5-7,10-14,18,23-24,28H,8-9H2,1-4H3,(H,27,33)/t23-,24-/m0/s1. The first-order valence-corrected chi connectivity index (χ1v) is 13.7. The second-order valence-corrected chi connectivity index (χ2v) is 11.4. The highest BCUT2D eigenvalue weighted by molar-refractivity contribution is 7.92. The minimum absolute atomic E-state index is 0.0887. The van der Waals surface area contributed by atoms with Gasteiger partial charge in [-0.05, 0) is 93.4 Å². The van der Waals surface area contributed by atoms with Gasteiger partial charge in [-0.1, -0.05) is 6.07 Å². The summed E-state index contributed by atoms with van der Waals surface area (Å²) in [4.78, 5) is 6.79. The van der Waals surface area contributed by atoms with E-state index in [1.165, 1.54) is 29.8 Å². The SMILES string of the molecule is Cc1cc(N2C(=S)N[C@@H](c3ccccn3)[C@@H]2c2cc(C)n(C3CC3)c2C)ccc1NS(C)(=O)=O. The molecule has 0 unspecified atom stereocenters. The first-order valence-electron chi connectivity index (χ1n) is 11.4. The topological polar surface area (TPSA) is 79.3 Å². The maximum atomic E-state index is 11.8. The number of sulfonamides is 1. The van der Waals surface area contributed by atoms with Gasteiger partial charge in [0.2, 0.25) is 10.0 Å². The van der Waals surface area contributed by atoms with Crippen LogP contribution < -0.4 is 14.9 Å². The molecule has 5 rings (SSSR count). The molecule has 2 aromatic heterocycles. The number of aromatic nitrogens is 2. The van der Waals surface area contributed by atoms with Gasteiger partial charge in [0, 0.05) is 29.3 Å². The molecule has 7 nitrogen and oxygen atoms in total. The van der Waals surface area contributed by atoms with Gasteiger partial charge >= 0.3 is 0 Å². The Bertz CT molecular complexity index is 1360. The number of thiocarbonyl (C=S) groups is 1. The average molecular weight is 496 g/mol. The van der Waals surface area contributed by atoms with Gasteiger partial charge in [0.25, 0.3) is 0 Å². The maximum Gasteiger partial charge on any atom is 0.229 e. The lowest BCUT2D eigenvalue weighted by molar-refractivity contribution is 0.562. The number of anilines is 2. The van der Waals surface area contributed by atoms with E-state index in [0.29, 0.717) is 16.8 Å². The second-order valence-electron chi connectivity index (χ2n) is 9.30. The summed E-state index contributed by atoms with van der Waals surface area (Å²) in [5.41, 5.74) is 6.98. The quantitative estimate of drug-likeness (QED) is 0.483. The van der Waals surface area contributed by atoms with Crippen molar-refractivity contribution < 1.29 is 8.42 Å². The Balaban J connectivity index is 1.62. The molecule has 0 bridgehead atoms. The minimum atomic E-state index is -3.36. The van der Waals surface area contributed by atoms with Crippen LogP contribution in [-0.4, -0.2) is 29.3 Å². The van der Waals surface area contributed by atoms with E-state index in [-0.39, 0.29) is 12.1 Å². The van der Waals surface area contributed by atoms with E-state index in [1.807, 2.05) is 43.5 Å². The summed E-state index contributed by atoms with van der Waals surface area (Å²) in [5.74, 6) is 0. The zero-order valence-electron chi connectivity index (χ0n) is 19.7. The number of rotatable bonds is 6. The largest absolute Gasteiger partial charge is 0.351 e. The van der Waals surface area contributed by atoms with E-state index in [9.17, 15) is 8.42 Å². The summed E-state index contributed by atoms with van der Waals surface area (Å²) in [7, 11) is -3.36. The van der Waals surface area contributed by atoms with Crippen molar-refractivity contribution in [3.63, 3.8) is 0 Å². The van der Waals surface area contributed by atoms with E-state index in [1.54, 1.807) is 6.07 Å². The lowest BCUT2D eigenvalue weighted by atomic mass is 9.96. The minimum Gasteiger partial charge on any atom is -0.351 e. The maximum absolute atomic E-state index is 11.8. The van der Waals surface area contributed by atoms with Crippen LogP contribution in [0.1, 0.15) is 59.2 Å². The lowest BCUT2D eigenvalue weighted by Gasteiger charge is -2.29. The van der Waals surface area contributed by atoms with E-state index in [2.05, 4.69) is 44.4 Å². The van der Waals surface area contributed by atoms with Crippen molar-refractivity contribution in [3.05, 3.63) is 76.9 Å². The van der Waals surface area contributed by atoms with E-state index >= 15 is 0 Å². The van der Waals surface area contributed by atoms with Crippen LogP contribution in [0.2, 0.25) is 0 Å². The van der Waals surface area contributed by atoms with Crippen molar-refractivity contribution in [1.82, 2.24) is 14.9 Å². The van der Waals surface area contributed by atoms with E-state index < -0.39 is 10.0 Å². The van der Waals surface area contributed by atoms with Gasteiger partial charge in [-0.3, -0.25) is 9.71 Å². The Morgan fingerprint density at radius 3 is 2.50 bits per heavy atom. The van der Waals surface area contributed by atoms with Crippen LogP contribution >= 0.6 is 12.2 Å². The first kappa shape index (κ1) is 22.9. The fourth-order valence-corrected chi connectivity index (χ4v) is 6.03. The number of aryl methyl sites for hydroxylation is 2. The normalized spacial score (nSPS) is 20.5. The highest BCUT2D eigenvalue weighted by atomic mass is 32.2.